The van der Waals surface area contributed by atoms with Crippen LogP contribution in [0.25, 0.3) is 0 Å². The molecule has 0 spiro atoms. The van der Waals surface area contributed by atoms with Gasteiger partial charge in [-0.1, -0.05) is 13.3 Å². The summed E-state index contributed by atoms with van der Waals surface area (Å²) in [6.07, 6.45) is 1.13. The van der Waals surface area contributed by atoms with E-state index in [1.807, 2.05) is 6.92 Å². The molecule has 0 aromatic heterocycles. The fraction of sp³-hybridized carbons (Fsp3) is 0.714. The molecule has 0 unspecified atom stereocenters. The average Bonchev–Trinajstić information content (AvgIpc) is 1.86. The smallest absolute Gasteiger partial charge is 0.217 e. The van der Waals surface area contributed by atoms with Gasteiger partial charge in [-0.05, 0) is 6.42 Å². The van der Waals surface area contributed by atoms with Crippen LogP contribution in [0.2, 0.25) is 0 Å². The molecule has 1 atom stereocenters. The summed E-state index contributed by atoms with van der Waals surface area (Å²) in [5.41, 5.74) is 0. The van der Waals surface area contributed by atoms with Crippen molar-refractivity contribution < 1.29 is 14.7 Å². The Bertz CT molecular complexity index is 156. The first-order valence-electron chi connectivity index (χ1n) is 3.56. The lowest BCUT2D eigenvalue weighted by Gasteiger charge is -2.17. The van der Waals surface area contributed by atoms with Crippen molar-refractivity contribution in [3.05, 3.63) is 0 Å². The minimum absolute atomic E-state index is 0.340. The van der Waals surface area contributed by atoms with Gasteiger partial charge in [0, 0.05) is 6.92 Å². The number of hydrogen-bond donors (Lipinski definition) is 1. The summed E-state index contributed by atoms with van der Waals surface area (Å²) in [5, 5.41) is 12.6. The summed E-state index contributed by atoms with van der Waals surface area (Å²) in [5.74, 6) is -1.56. The van der Waals surface area contributed by atoms with E-state index in [2.05, 4.69) is 5.32 Å². The molecule has 0 aromatic rings. The largest absolute Gasteiger partial charge is 0.548 e. The Balaban J connectivity index is 3.89. The van der Waals surface area contributed by atoms with Gasteiger partial charge in [0.25, 0.3) is 0 Å². The lowest BCUT2D eigenvalue weighted by Crippen LogP contribution is -2.47. The molecule has 0 aliphatic carbocycles. The number of rotatable bonds is 4. The highest BCUT2D eigenvalue weighted by Crippen LogP contribution is 1.94. The van der Waals surface area contributed by atoms with Crippen LogP contribution in [-0.2, 0) is 9.59 Å². The number of carbonyl (C=O) groups is 2. The van der Waals surface area contributed by atoms with Gasteiger partial charge in [0.2, 0.25) is 5.91 Å². The third-order valence-electron chi connectivity index (χ3n) is 1.24. The van der Waals surface area contributed by atoms with Gasteiger partial charge in [-0.15, -0.1) is 0 Å². The molecule has 0 rings (SSSR count). The van der Waals surface area contributed by atoms with Crippen LogP contribution in [0.5, 0.6) is 0 Å². The van der Waals surface area contributed by atoms with Crippen LogP contribution in [-0.4, -0.2) is 17.9 Å². The minimum Gasteiger partial charge on any atom is -0.548 e. The first-order chi connectivity index (χ1) is 5.07. The van der Waals surface area contributed by atoms with E-state index in [0.717, 1.165) is 0 Å². The van der Waals surface area contributed by atoms with Gasteiger partial charge in [-0.2, -0.15) is 0 Å². The Morgan fingerprint density at radius 3 is 2.36 bits per heavy atom. The molecule has 0 aliphatic rings. The maximum Gasteiger partial charge on any atom is 0.217 e. The molecule has 1 N–H and O–H groups in total. The summed E-state index contributed by atoms with van der Waals surface area (Å²) >= 11 is 0. The summed E-state index contributed by atoms with van der Waals surface area (Å²) < 4.78 is 0. The number of hydrogen-bond acceptors (Lipinski definition) is 3. The summed E-state index contributed by atoms with van der Waals surface area (Å²) in [6.45, 7) is 3.13. The Labute approximate surface area is 65.6 Å². The molecule has 0 heterocycles. The quantitative estimate of drug-likeness (QED) is 0.573. The van der Waals surface area contributed by atoms with Crippen molar-refractivity contribution in [1.82, 2.24) is 5.32 Å². The van der Waals surface area contributed by atoms with Crippen molar-refractivity contribution in [3.8, 4) is 0 Å². The predicted octanol–water partition coefficient (Wildman–Crippen LogP) is -0.959. The highest BCUT2D eigenvalue weighted by molar-refractivity contribution is 5.80. The summed E-state index contributed by atoms with van der Waals surface area (Å²) in [6, 6.07) is -0.836. The minimum atomic E-state index is -1.22. The standard InChI is InChI=1S/C7H13NO3/c1-3-4-6(7(10)11)8-5(2)9/h6H,3-4H2,1-2H3,(H,8,9)(H,10,11)/p-1/t6-/m1/s1. The molecular formula is C7H12NO3-. The van der Waals surface area contributed by atoms with E-state index >= 15 is 0 Å². The number of carbonyl (C=O) groups excluding carboxylic acids is 2. The molecule has 11 heavy (non-hydrogen) atoms. The highest BCUT2D eigenvalue weighted by atomic mass is 16.4. The molecule has 0 saturated heterocycles. The maximum absolute atomic E-state index is 10.4. The second-order valence-electron chi connectivity index (χ2n) is 2.36. The highest BCUT2D eigenvalue weighted by Gasteiger charge is 2.08. The average molecular weight is 158 g/mol. The number of carboxylic acid groups (broad SMARTS) is 1. The van der Waals surface area contributed by atoms with Crippen LogP contribution in [0.3, 0.4) is 0 Å². The van der Waals surface area contributed by atoms with E-state index in [0.29, 0.717) is 12.8 Å². The zero-order valence-electron chi connectivity index (χ0n) is 6.72. The fourth-order valence-electron chi connectivity index (χ4n) is 0.783. The predicted molar refractivity (Wildman–Crippen MR) is 37.5 cm³/mol. The van der Waals surface area contributed by atoms with Crippen LogP contribution in [0.15, 0.2) is 0 Å². The van der Waals surface area contributed by atoms with Gasteiger partial charge >= 0.3 is 0 Å². The number of carboxylic acids is 1. The van der Waals surface area contributed by atoms with Crippen LogP contribution >= 0.6 is 0 Å². The molecule has 0 aliphatic heterocycles. The van der Waals surface area contributed by atoms with E-state index in [9.17, 15) is 14.7 Å². The van der Waals surface area contributed by atoms with Crippen molar-refractivity contribution in [3.63, 3.8) is 0 Å². The second kappa shape index (κ2) is 4.71. The normalized spacial score (nSPS) is 12.2. The molecule has 0 radical (unpaired) electrons. The molecule has 0 bridgehead atoms. The van der Waals surface area contributed by atoms with Crippen molar-refractivity contribution in [2.24, 2.45) is 0 Å². The van der Waals surface area contributed by atoms with Gasteiger partial charge in [0.15, 0.2) is 0 Å². The van der Waals surface area contributed by atoms with Crippen molar-refractivity contribution in [2.75, 3.05) is 0 Å². The number of aliphatic carboxylic acids is 1. The fourth-order valence-corrected chi connectivity index (χ4v) is 0.783. The van der Waals surface area contributed by atoms with Crippen molar-refractivity contribution in [1.29, 1.82) is 0 Å². The SMILES string of the molecule is CCC[C@@H](NC(C)=O)C(=O)[O-]. The van der Waals surface area contributed by atoms with Crippen LogP contribution in [0.4, 0.5) is 0 Å². The lowest BCUT2D eigenvalue weighted by molar-refractivity contribution is -0.308. The molecule has 0 saturated carbocycles. The van der Waals surface area contributed by atoms with Crippen LogP contribution in [0.1, 0.15) is 26.7 Å². The molecule has 4 heteroatoms. The van der Waals surface area contributed by atoms with Crippen molar-refractivity contribution >= 4 is 11.9 Å². The number of amides is 1. The van der Waals surface area contributed by atoms with E-state index in [1.54, 1.807) is 0 Å². The Kier molecular flexibility index (Phi) is 4.26. The zero-order valence-corrected chi connectivity index (χ0v) is 6.72. The molecule has 4 nitrogen and oxygen atoms in total. The monoisotopic (exact) mass is 158 g/mol. The van der Waals surface area contributed by atoms with E-state index in [-0.39, 0.29) is 5.91 Å². The van der Waals surface area contributed by atoms with Gasteiger partial charge in [0.1, 0.15) is 0 Å². The molecule has 1 amide bonds. The molecular weight excluding hydrogens is 146 g/mol. The first-order valence-corrected chi connectivity index (χ1v) is 3.56. The van der Waals surface area contributed by atoms with Crippen molar-refractivity contribution in [2.45, 2.75) is 32.7 Å². The third kappa shape index (κ3) is 4.36. The Morgan fingerprint density at radius 1 is 1.55 bits per heavy atom. The first kappa shape index (κ1) is 9.94. The number of nitrogens with one attached hydrogen (secondary N) is 1. The second-order valence-corrected chi connectivity index (χ2v) is 2.36. The summed E-state index contributed by atoms with van der Waals surface area (Å²) in [7, 11) is 0. The van der Waals surface area contributed by atoms with E-state index in [4.69, 9.17) is 0 Å². The van der Waals surface area contributed by atoms with Gasteiger partial charge in [0.05, 0.1) is 12.0 Å². The Hall–Kier alpha value is -1.06. The molecule has 0 aromatic carbocycles. The van der Waals surface area contributed by atoms with Crippen LogP contribution < -0.4 is 10.4 Å². The van der Waals surface area contributed by atoms with E-state index < -0.39 is 12.0 Å². The van der Waals surface area contributed by atoms with Crippen LogP contribution in [0, 0.1) is 0 Å². The zero-order chi connectivity index (χ0) is 8.85. The summed E-state index contributed by atoms with van der Waals surface area (Å²) in [4.78, 5) is 20.7. The third-order valence-corrected chi connectivity index (χ3v) is 1.24. The van der Waals surface area contributed by atoms with Gasteiger partial charge in [-0.3, -0.25) is 4.79 Å². The van der Waals surface area contributed by atoms with Gasteiger partial charge in [-0.25, -0.2) is 0 Å². The van der Waals surface area contributed by atoms with Gasteiger partial charge < -0.3 is 15.2 Å². The maximum atomic E-state index is 10.4. The Morgan fingerprint density at radius 2 is 2.09 bits per heavy atom. The molecule has 0 fully saturated rings. The lowest BCUT2D eigenvalue weighted by atomic mass is 10.2. The topological polar surface area (TPSA) is 69.2 Å². The molecule has 64 valence electrons. The van der Waals surface area contributed by atoms with E-state index in [1.165, 1.54) is 6.92 Å².